The number of aliphatic hydroxyl groups is 1. The van der Waals surface area contributed by atoms with E-state index in [2.05, 4.69) is 5.32 Å². The van der Waals surface area contributed by atoms with E-state index < -0.39 is 0 Å². The predicted molar refractivity (Wildman–Crippen MR) is 79.3 cm³/mol. The van der Waals surface area contributed by atoms with Gasteiger partial charge in [-0.25, -0.2) is 0 Å². The molecule has 1 amide bonds. The van der Waals surface area contributed by atoms with Crippen LogP contribution in [-0.4, -0.2) is 17.6 Å². The summed E-state index contributed by atoms with van der Waals surface area (Å²) in [5.74, 6) is -0.0813. The third-order valence-corrected chi connectivity index (χ3v) is 3.33. The van der Waals surface area contributed by atoms with Crippen molar-refractivity contribution in [3.63, 3.8) is 0 Å². The summed E-state index contributed by atoms with van der Waals surface area (Å²) in [6.07, 6.45) is 0.329. The number of hydrogen-bond donors (Lipinski definition) is 2. The van der Waals surface area contributed by atoms with Gasteiger partial charge in [0.05, 0.1) is 19.1 Å². The second-order valence-corrected chi connectivity index (χ2v) is 4.82. The Labute approximate surface area is 119 Å². The molecule has 0 aliphatic carbocycles. The lowest BCUT2D eigenvalue weighted by Gasteiger charge is -2.17. The Balaban J connectivity index is 2.02. The van der Waals surface area contributed by atoms with Gasteiger partial charge in [0, 0.05) is 0 Å². The number of rotatable bonds is 5. The van der Waals surface area contributed by atoms with Crippen molar-refractivity contribution in [2.24, 2.45) is 0 Å². The van der Waals surface area contributed by atoms with Crippen LogP contribution < -0.4 is 5.32 Å². The lowest BCUT2D eigenvalue weighted by molar-refractivity contribution is -0.121. The first-order valence-corrected chi connectivity index (χ1v) is 6.70. The highest BCUT2D eigenvalue weighted by Gasteiger charge is 2.14. The van der Waals surface area contributed by atoms with Gasteiger partial charge in [-0.15, -0.1) is 0 Å². The summed E-state index contributed by atoms with van der Waals surface area (Å²) < 4.78 is 0. The summed E-state index contributed by atoms with van der Waals surface area (Å²) in [7, 11) is 0. The molecule has 0 heterocycles. The lowest BCUT2D eigenvalue weighted by Crippen LogP contribution is -2.32. The Morgan fingerprint density at radius 2 is 1.75 bits per heavy atom. The molecule has 0 saturated carbocycles. The molecule has 0 bridgehead atoms. The van der Waals surface area contributed by atoms with E-state index in [1.165, 1.54) is 0 Å². The topological polar surface area (TPSA) is 49.3 Å². The van der Waals surface area contributed by atoms with E-state index in [0.717, 1.165) is 16.7 Å². The molecule has 0 aliphatic rings. The predicted octanol–water partition coefficient (Wildman–Crippen LogP) is 2.39. The van der Waals surface area contributed by atoms with Gasteiger partial charge in [-0.1, -0.05) is 54.6 Å². The van der Waals surface area contributed by atoms with Crippen LogP contribution in [0.3, 0.4) is 0 Å². The molecule has 2 aromatic carbocycles. The molecule has 2 N–H and O–H groups in total. The van der Waals surface area contributed by atoms with Crippen LogP contribution >= 0.6 is 0 Å². The van der Waals surface area contributed by atoms with Gasteiger partial charge < -0.3 is 10.4 Å². The quantitative estimate of drug-likeness (QED) is 0.875. The molecule has 0 radical (unpaired) electrons. The fraction of sp³-hybridized carbons (Fsp3) is 0.235. The Morgan fingerprint density at radius 3 is 2.40 bits per heavy atom. The molecule has 0 spiro atoms. The normalized spacial score (nSPS) is 11.9. The van der Waals surface area contributed by atoms with Crippen molar-refractivity contribution in [2.45, 2.75) is 19.4 Å². The summed E-state index contributed by atoms with van der Waals surface area (Å²) in [6.45, 7) is 1.88. The molecular formula is C17H19NO2. The third kappa shape index (κ3) is 3.68. The van der Waals surface area contributed by atoms with Crippen LogP contribution in [0.1, 0.15) is 22.7 Å². The number of hydrogen-bond acceptors (Lipinski definition) is 2. The van der Waals surface area contributed by atoms with Gasteiger partial charge in [0.25, 0.3) is 0 Å². The van der Waals surface area contributed by atoms with Crippen molar-refractivity contribution >= 4 is 5.91 Å². The second kappa shape index (κ2) is 6.87. The number of carbonyl (C=O) groups excluding carboxylic acids is 1. The first-order chi connectivity index (χ1) is 9.70. The molecule has 0 aromatic heterocycles. The maximum absolute atomic E-state index is 12.1. The molecular weight excluding hydrogens is 250 g/mol. The maximum Gasteiger partial charge on any atom is 0.224 e. The van der Waals surface area contributed by atoms with Crippen LogP contribution in [0.25, 0.3) is 0 Å². The second-order valence-electron chi connectivity index (χ2n) is 4.82. The van der Waals surface area contributed by atoms with Gasteiger partial charge in [0.1, 0.15) is 0 Å². The Bertz CT molecular complexity index is 566. The summed E-state index contributed by atoms with van der Waals surface area (Å²) in [6, 6.07) is 17.0. The van der Waals surface area contributed by atoms with Crippen LogP contribution in [0.15, 0.2) is 54.6 Å². The number of benzene rings is 2. The van der Waals surface area contributed by atoms with Gasteiger partial charge >= 0.3 is 0 Å². The van der Waals surface area contributed by atoms with E-state index in [0.29, 0.717) is 6.42 Å². The SMILES string of the molecule is Cc1ccccc1CC(=O)N[C@@H](CO)c1ccccc1. The lowest BCUT2D eigenvalue weighted by atomic mass is 10.0. The van der Waals surface area contributed by atoms with Crippen molar-refractivity contribution in [2.75, 3.05) is 6.61 Å². The minimum absolute atomic E-state index is 0.0813. The average Bonchev–Trinajstić information content (AvgIpc) is 2.48. The Hall–Kier alpha value is -2.13. The summed E-state index contributed by atoms with van der Waals surface area (Å²) in [5.41, 5.74) is 3.02. The molecule has 3 nitrogen and oxygen atoms in total. The molecule has 1 atom stereocenters. The van der Waals surface area contributed by atoms with Crippen molar-refractivity contribution < 1.29 is 9.90 Å². The van der Waals surface area contributed by atoms with Crippen LogP contribution in [0.2, 0.25) is 0 Å². The Morgan fingerprint density at radius 1 is 1.10 bits per heavy atom. The van der Waals surface area contributed by atoms with E-state index in [-0.39, 0.29) is 18.6 Å². The van der Waals surface area contributed by atoms with Crippen LogP contribution in [0.5, 0.6) is 0 Å². The van der Waals surface area contributed by atoms with Gasteiger partial charge in [-0.3, -0.25) is 4.79 Å². The standard InChI is InChI=1S/C17H19NO2/c1-13-7-5-6-10-15(13)11-17(20)18-16(12-19)14-8-3-2-4-9-14/h2-10,16,19H,11-12H2,1H3,(H,18,20)/t16-/m0/s1. The highest BCUT2D eigenvalue weighted by atomic mass is 16.3. The first-order valence-electron chi connectivity index (χ1n) is 6.70. The van der Waals surface area contributed by atoms with Crippen molar-refractivity contribution in [3.8, 4) is 0 Å². The zero-order chi connectivity index (χ0) is 14.4. The Kier molecular flexibility index (Phi) is 4.91. The monoisotopic (exact) mass is 269 g/mol. The molecule has 2 rings (SSSR count). The van der Waals surface area contributed by atoms with Crippen LogP contribution in [0.4, 0.5) is 0 Å². The number of aliphatic hydroxyl groups excluding tert-OH is 1. The van der Waals surface area contributed by atoms with Crippen molar-refractivity contribution in [3.05, 3.63) is 71.3 Å². The zero-order valence-corrected chi connectivity index (χ0v) is 11.5. The molecule has 0 fully saturated rings. The van der Waals surface area contributed by atoms with Gasteiger partial charge in [0.15, 0.2) is 0 Å². The highest BCUT2D eigenvalue weighted by molar-refractivity contribution is 5.79. The molecule has 0 saturated heterocycles. The summed E-state index contributed by atoms with van der Waals surface area (Å²) >= 11 is 0. The van der Waals surface area contributed by atoms with Gasteiger partial charge in [0.2, 0.25) is 5.91 Å². The maximum atomic E-state index is 12.1. The van der Waals surface area contributed by atoms with Crippen molar-refractivity contribution in [1.29, 1.82) is 0 Å². The van der Waals surface area contributed by atoms with E-state index >= 15 is 0 Å². The summed E-state index contributed by atoms with van der Waals surface area (Å²) in [5, 5.41) is 12.3. The van der Waals surface area contributed by atoms with E-state index in [1.807, 2.05) is 61.5 Å². The van der Waals surface area contributed by atoms with E-state index in [9.17, 15) is 9.90 Å². The molecule has 0 unspecified atom stereocenters. The van der Waals surface area contributed by atoms with Crippen LogP contribution in [0, 0.1) is 6.92 Å². The van der Waals surface area contributed by atoms with Crippen molar-refractivity contribution in [1.82, 2.24) is 5.32 Å². The smallest absolute Gasteiger partial charge is 0.224 e. The number of carbonyl (C=O) groups is 1. The van der Waals surface area contributed by atoms with Gasteiger partial charge in [-0.05, 0) is 23.6 Å². The number of amides is 1. The summed E-state index contributed by atoms with van der Waals surface area (Å²) in [4.78, 5) is 12.1. The molecule has 3 heteroatoms. The van der Waals surface area contributed by atoms with Gasteiger partial charge in [-0.2, -0.15) is 0 Å². The zero-order valence-electron chi connectivity index (χ0n) is 11.5. The van der Waals surface area contributed by atoms with E-state index in [1.54, 1.807) is 0 Å². The largest absolute Gasteiger partial charge is 0.394 e. The average molecular weight is 269 g/mol. The fourth-order valence-electron chi connectivity index (χ4n) is 2.15. The van der Waals surface area contributed by atoms with Crippen LogP contribution in [-0.2, 0) is 11.2 Å². The minimum atomic E-state index is -0.354. The fourth-order valence-corrected chi connectivity index (χ4v) is 2.15. The minimum Gasteiger partial charge on any atom is -0.394 e. The third-order valence-electron chi connectivity index (χ3n) is 3.33. The molecule has 2 aromatic rings. The molecule has 0 aliphatic heterocycles. The number of aryl methyl sites for hydroxylation is 1. The number of nitrogens with one attached hydrogen (secondary N) is 1. The first kappa shape index (κ1) is 14.3. The highest BCUT2D eigenvalue weighted by Crippen LogP contribution is 2.13. The van der Waals surface area contributed by atoms with E-state index in [4.69, 9.17) is 0 Å². The molecule has 20 heavy (non-hydrogen) atoms. The molecule has 104 valence electrons.